The Bertz CT molecular complexity index is 866. The van der Waals surface area contributed by atoms with Crippen molar-refractivity contribution in [3.8, 4) is 17.2 Å². The number of nitrogens with zero attached hydrogens (tertiary/aromatic N) is 1. The summed E-state index contributed by atoms with van der Waals surface area (Å²) in [5.41, 5.74) is 0.658. The van der Waals surface area contributed by atoms with Crippen molar-refractivity contribution in [2.24, 2.45) is 0 Å². The zero-order valence-electron chi connectivity index (χ0n) is 13.3. The van der Waals surface area contributed by atoms with Crippen LogP contribution in [-0.2, 0) is 4.74 Å². The summed E-state index contributed by atoms with van der Waals surface area (Å²) in [5.74, 6) is -0.303. The number of benzene rings is 2. The highest BCUT2D eigenvalue weighted by Crippen LogP contribution is 2.43. The molecule has 9 nitrogen and oxygen atoms in total. The van der Waals surface area contributed by atoms with Crippen LogP contribution in [0.1, 0.15) is 22.1 Å². The summed E-state index contributed by atoms with van der Waals surface area (Å²) in [5, 5.41) is 23.5. The van der Waals surface area contributed by atoms with Crippen molar-refractivity contribution in [2.75, 3.05) is 19.5 Å². The molecular weight excluding hydrogens is 332 g/mol. The standard InChI is InChI=1S/C16H14N2O7/c1-23-12-6-4-9-13(14(12)24-2)16(20)25-15(9)17-10-5-3-8(18(21)22)7-11(10)19/h3-7,15,17,19H,1-2H3. The van der Waals surface area contributed by atoms with Gasteiger partial charge in [0.25, 0.3) is 5.69 Å². The summed E-state index contributed by atoms with van der Waals surface area (Å²) in [6.45, 7) is 0. The zero-order valence-corrected chi connectivity index (χ0v) is 13.3. The lowest BCUT2D eigenvalue weighted by Gasteiger charge is -2.15. The second-order valence-electron chi connectivity index (χ2n) is 5.15. The number of nitro benzene ring substituents is 1. The minimum absolute atomic E-state index is 0.186. The molecule has 0 bridgehead atoms. The summed E-state index contributed by atoms with van der Waals surface area (Å²) >= 11 is 0. The molecule has 0 spiro atoms. The number of carbonyl (C=O) groups excluding carboxylic acids is 1. The third-order valence-electron chi connectivity index (χ3n) is 3.77. The number of nitrogens with one attached hydrogen (secondary N) is 1. The molecule has 0 saturated carbocycles. The highest BCUT2D eigenvalue weighted by Gasteiger charge is 2.36. The number of nitro groups is 1. The molecule has 3 rings (SSSR count). The van der Waals surface area contributed by atoms with E-state index in [0.717, 1.165) is 6.07 Å². The van der Waals surface area contributed by atoms with Gasteiger partial charge in [-0.2, -0.15) is 0 Å². The van der Waals surface area contributed by atoms with Crippen molar-refractivity contribution in [1.29, 1.82) is 0 Å². The SMILES string of the molecule is COc1ccc2c(c1OC)C(=O)OC2Nc1ccc([N+](=O)[O-])cc1O. The Labute approximate surface area is 141 Å². The van der Waals surface area contributed by atoms with Crippen LogP contribution in [0.4, 0.5) is 11.4 Å². The minimum Gasteiger partial charge on any atom is -0.506 e. The predicted molar refractivity (Wildman–Crippen MR) is 86.1 cm³/mol. The molecular formula is C16H14N2O7. The Morgan fingerprint density at radius 3 is 2.60 bits per heavy atom. The molecule has 0 amide bonds. The topological polar surface area (TPSA) is 120 Å². The number of hydrogen-bond acceptors (Lipinski definition) is 8. The summed E-state index contributed by atoms with van der Waals surface area (Å²) in [4.78, 5) is 22.3. The second kappa shape index (κ2) is 6.19. The number of hydrogen-bond donors (Lipinski definition) is 2. The van der Waals surface area contributed by atoms with E-state index in [9.17, 15) is 20.0 Å². The summed E-state index contributed by atoms with van der Waals surface area (Å²) < 4.78 is 15.7. The van der Waals surface area contributed by atoms with Crippen LogP contribution in [0.5, 0.6) is 17.2 Å². The largest absolute Gasteiger partial charge is 0.506 e. The number of phenols is 1. The summed E-state index contributed by atoms with van der Waals surface area (Å²) in [7, 11) is 2.86. The molecule has 0 saturated heterocycles. The monoisotopic (exact) mass is 346 g/mol. The number of ether oxygens (including phenoxy) is 3. The van der Waals surface area contributed by atoms with Gasteiger partial charge in [-0.1, -0.05) is 0 Å². The van der Waals surface area contributed by atoms with Crippen molar-refractivity contribution in [3.05, 3.63) is 51.6 Å². The highest BCUT2D eigenvalue weighted by atomic mass is 16.6. The number of esters is 1. The Morgan fingerprint density at radius 2 is 2.00 bits per heavy atom. The third-order valence-corrected chi connectivity index (χ3v) is 3.77. The molecule has 2 aromatic carbocycles. The quantitative estimate of drug-likeness (QED) is 0.367. The molecule has 25 heavy (non-hydrogen) atoms. The van der Waals surface area contributed by atoms with E-state index >= 15 is 0 Å². The van der Waals surface area contributed by atoms with Gasteiger partial charge in [-0.3, -0.25) is 10.1 Å². The fourth-order valence-corrected chi connectivity index (χ4v) is 2.60. The fraction of sp³-hybridized carbons (Fsp3) is 0.188. The number of aromatic hydroxyl groups is 1. The molecule has 1 unspecified atom stereocenters. The third kappa shape index (κ3) is 2.75. The molecule has 0 radical (unpaired) electrons. The number of carbonyl (C=O) groups is 1. The van der Waals surface area contributed by atoms with Crippen LogP contribution in [0, 0.1) is 10.1 Å². The maximum absolute atomic E-state index is 12.2. The number of phenolic OH excluding ortho intramolecular Hbond substituents is 1. The van der Waals surface area contributed by atoms with Gasteiger partial charge in [0.15, 0.2) is 11.5 Å². The van der Waals surface area contributed by atoms with E-state index in [1.807, 2.05) is 0 Å². The van der Waals surface area contributed by atoms with E-state index in [0.29, 0.717) is 11.3 Å². The summed E-state index contributed by atoms with van der Waals surface area (Å²) in [6.07, 6.45) is -0.880. The zero-order chi connectivity index (χ0) is 18.1. The lowest BCUT2D eigenvalue weighted by atomic mass is 10.1. The van der Waals surface area contributed by atoms with E-state index in [4.69, 9.17) is 14.2 Å². The fourth-order valence-electron chi connectivity index (χ4n) is 2.60. The first-order chi connectivity index (χ1) is 12.0. The van der Waals surface area contributed by atoms with Gasteiger partial charge in [-0.05, 0) is 18.2 Å². The second-order valence-corrected chi connectivity index (χ2v) is 5.15. The van der Waals surface area contributed by atoms with Gasteiger partial charge in [0.2, 0.25) is 6.23 Å². The molecule has 1 aliphatic heterocycles. The lowest BCUT2D eigenvalue weighted by molar-refractivity contribution is -0.384. The van der Waals surface area contributed by atoms with Crippen molar-refractivity contribution in [2.45, 2.75) is 6.23 Å². The first-order valence-corrected chi connectivity index (χ1v) is 7.16. The number of fused-ring (bicyclic) bond motifs is 1. The highest BCUT2D eigenvalue weighted by molar-refractivity contribution is 5.98. The number of non-ortho nitro benzene ring substituents is 1. The maximum atomic E-state index is 12.2. The van der Waals surface area contributed by atoms with Gasteiger partial charge in [0.1, 0.15) is 11.3 Å². The van der Waals surface area contributed by atoms with Gasteiger partial charge in [0, 0.05) is 11.6 Å². The van der Waals surface area contributed by atoms with Gasteiger partial charge >= 0.3 is 5.97 Å². The van der Waals surface area contributed by atoms with Gasteiger partial charge < -0.3 is 24.6 Å². The van der Waals surface area contributed by atoms with Crippen molar-refractivity contribution in [3.63, 3.8) is 0 Å². The number of methoxy groups -OCH3 is 2. The molecule has 2 N–H and O–H groups in total. The Balaban J connectivity index is 1.95. The number of anilines is 1. The number of rotatable bonds is 5. The Morgan fingerprint density at radius 1 is 1.24 bits per heavy atom. The number of cyclic esters (lactones) is 1. The average molecular weight is 346 g/mol. The van der Waals surface area contributed by atoms with Crippen LogP contribution in [0.15, 0.2) is 30.3 Å². The molecule has 0 aromatic heterocycles. The predicted octanol–water partition coefficient (Wildman–Crippen LogP) is 2.60. The summed E-state index contributed by atoms with van der Waals surface area (Å²) in [6, 6.07) is 6.84. The molecule has 1 aliphatic rings. The van der Waals surface area contributed by atoms with Crippen LogP contribution in [0.3, 0.4) is 0 Å². The van der Waals surface area contributed by atoms with Crippen LogP contribution < -0.4 is 14.8 Å². The Hall–Kier alpha value is -3.49. The first kappa shape index (κ1) is 16.4. The molecule has 1 atom stereocenters. The van der Waals surface area contributed by atoms with E-state index in [1.165, 1.54) is 26.4 Å². The van der Waals surface area contributed by atoms with E-state index < -0.39 is 17.1 Å². The lowest BCUT2D eigenvalue weighted by Crippen LogP contribution is -2.10. The average Bonchev–Trinajstić information content (AvgIpc) is 2.91. The molecule has 2 aromatic rings. The van der Waals surface area contributed by atoms with Crippen molar-refractivity contribution < 1.29 is 29.0 Å². The van der Waals surface area contributed by atoms with Crippen LogP contribution in [-0.4, -0.2) is 30.2 Å². The molecule has 130 valence electrons. The van der Waals surface area contributed by atoms with Gasteiger partial charge in [-0.25, -0.2) is 4.79 Å². The molecule has 9 heteroatoms. The van der Waals surface area contributed by atoms with Crippen LogP contribution >= 0.6 is 0 Å². The normalized spacial score (nSPS) is 15.3. The van der Waals surface area contributed by atoms with E-state index in [2.05, 4.69) is 5.32 Å². The molecule has 0 aliphatic carbocycles. The van der Waals surface area contributed by atoms with Crippen molar-refractivity contribution in [1.82, 2.24) is 0 Å². The smallest absolute Gasteiger partial charge is 0.344 e. The Kier molecular flexibility index (Phi) is 4.05. The van der Waals surface area contributed by atoms with Crippen molar-refractivity contribution >= 4 is 17.3 Å². The first-order valence-electron chi connectivity index (χ1n) is 7.16. The van der Waals surface area contributed by atoms with E-state index in [1.54, 1.807) is 12.1 Å². The molecule has 0 fully saturated rings. The van der Waals surface area contributed by atoms with Crippen LogP contribution in [0.2, 0.25) is 0 Å². The van der Waals surface area contributed by atoms with E-state index in [-0.39, 0.29) is 28.4 Å². The van der Waals surface area contributed by atoms with Gasteiger partial charge in [-0.15, -0.1) is 0 Å². The minimum atomic E-state index is -0.880. The maximum Gasteiger partial charge on any atom is 0.344 e. The molecule has 1 heterocycles. The van der Waals surface area contributed by atoms with Crippen LogP contribution in [0.25, 0.3) is 0 Å². The van der Waals surface area contributed by atoms with Gasteiger partial charge in [0.05, 0.1) is 30.9 Å².